The van der Waals surface area contributed by atoms with Crippen LogP contribution in [0.2, 0.25) is 0 Å². The molecule has 1 aromatic carbocycles. The van der Waals surface area contributed by atoms with E-state index >= 15 is 0 Å². The number of nitrogens with zero attached hydrogens (tertiary/aromatic N) is 2. The van der Waals surface area contributed by atoms with Gasteiger partial charge in [0.2, 0.25) is 5.91 Å². The van der Waals surface area contributed by atoms with Crippen molar-refractivity contribution >= 4 is 27.5 Å². The van der Waals surface area contributed by atoms with Crippen molar-refractivity contribution in [2.24, 2.45) is 0 Å². The number of hydrogen-bond acceptors (Lipinski definition) is 4. The van der Waals surface area contributed by atoms with Gasteiger partial charge in [0.25, 0.3) is 0 Å². The number of pyridine rings is 1. The Labute approximate surface area is 139 Å². The molecule has 0 fully saturated rings. The summed E-state index contributed by atoms with van der Waals surface area (Å²) in [4.78, 5) is 20.5. The van der Waals surface area contributed by atoms with E-state index in [1.165, 1.54) is 4.70 Å². The number of carbonyl (C=O) groups excluding carboxylic acids is 1. The molecule has 4 nitrogen and oxygen atoms in total. The fraction of sp³-hybridized carbons (Fsp3) is 0.278. The fourth-order valence-electron chi connectivity index (χ4n) is 2.39. The van der Waals surface area contributed by atoms with Crippen LogP contribution in [0.25, 0.3) is 10.2 Å². The van der Waals surface area contributed by atoms with Gasteiger partial charge in [-0.15, -0.1) is 11.3 Å². The van der Waals surface area contributed by atoms with Gasteiger partial charge >= 0.3 is 0 Å². The third-order valence-electron chi connectivity index (χ3n) is 3.59. The van der Waals surface area contributed by atoms with E-state index in [0.29, 0.717) is 13.0 Å². The Morgan fingerprint density at radius 2 is 2.04 bits per heavy atom. The number of rotatable bonds is 7. The van der Waals surface area contributed by atoms with Crippen molar-refractivity contribution in [2.75, 3.05) is 6.54 Å². The van der Waals surface area contributed by atoms with Gasteiger partial charge in [-0.2, -0.15) is 0 Å². The third kappa shape index (κ3) is 4.60. The number of carbonyl (C=O) groups is 1. The molecule has 3 rings (SSSR count). The highest BCUT2D eigenvalue weighted by Crippen LogP contribution is 2.22. The summed E-state index contributed by atoms with van der Waals surface area (Å²) < 4.78 is 1.23. The number of aromatic nitrogens is 2. The van der Waals surface area contributed by atoms with Crippen molar-refractivity contribution < 1.29 is 4.79 Å². The molecule has 0 aliphatic carbocycles. The van der Waals surface area contributed by atoms with Crippen LogP contribution < -0.4 is 5.32 Å². The lowest BCUT2D eigenvalue weighted by Crippen LogP contribution is -2.24. The quantitative estimate of drug-likeness (QED) is 0.678. The molecule has 23 heavy (non-hydrogen) atoms. The maximum absolute atomic E-state index is 11.8. The van der Waals surface area contributed by atoms with Gasteiger partial charge in [0.05, 0.1) is 15.2 Å². The van der Waals surface area contributed by atoms with Gasteiger partial charge in [-0.25, -0.2) is 4.98 Å². The maximum Gasteiger partial charge on any atom is 0.220 e. The second-order valence-corrected chi connectivity index (χ2v) is 6.51. The highest BCUT2D eigenvalue weighted by atomic mass is 32.1. The molecule has 0 aliphatic rings. The van der Waals surface area contributed by atoms with Gasteiger partial charge in [-0.3, -0.25) is 9.78 Å². The first kappa shape index (κ1) is 15.6. The highest BCUT2D eigenvalue weighted by molar-refractivity contribution is 7.18. The van der Waals surface area contributed by atoms with Crippen LogP contribution in [0.5, 0.6) is 0 Å². The fourth-order valence-corrected chi connectivity index (χ4v) is 3.40. The first-order valence-electron chi connectivity index (χ1n) is 7.81. The standard InChI is InChI=1S/C18H19N3OS/c22-17(10-9-14-5-3-11-19-13-14)20-12-4-8-18-21-15-6-1-2-7-16(15)23-18/h1-3,5-7,11,13H,4,8-10,12H2,(H,20,22). The van der Waals surface area contributed by atoms with Gasteiger partial charge in [0, 0.05) is 31.8 Å². The molecular formula is C18H19N3OS. The van der Waals surface area contributed by atoms with Crippen LogP contribution in [0.3, 0.4) is 0 Å². The number of para-hydroxylation sites is 1. The average molecular weight is 325 g/mol. The van der Waals surface area contributed by atoms with Gasteiger partial charge in [-0.05, 0) is 36.6 Å². The Morgan fingerprint density at radius 3 is 2.87 bits per heavy atom. The number of aryl methyl sites for hydroxylation is 2. The Hall–Kier alpha value is -2.27. The van der Waals surface area contributed by atoms with Crippen molar-refractivity contribution in [3.05, 3.63) is 59.4 Å². The summed E-state index contributed by atoms with van der Waals surface area (Å²) in [6, 6.07) is 12.1. The van der Waals surface area contributed by atoms with Crippen molar-refractivity contribution in [1.29, 1.82) is 0 Å². The minimum Gasteiger partial charge on any atom is -0.356 e. The van der Waals surface area contributed by atoms with Crippen molar-refractivity contribution in [2.45, 2.75) is 25.7 Å². The Kier molecular flexibility index (Phi) is 5.32. The normalized spacial score (nSPS) is 10.8. The van der Waals surface area contributed by atoms with Crippen molar-refractivity contribution in [3.63, 3.8) is 0 Å². The first-order chi connectivity index (χ1) is 11.3. The van der Waals surface area contributed by atoms with Crippen LogP contribution in [0.1, 0.15) is 23.4 Å². The van der Waals surface area contributed by atoms with E-state index < -0.39 is 0 Å². The molecule has 5 heteroatoms. The molecule has 0 spiro atoms. The summed E-state index contributed by atoms with van der Waals surface area (Å²) in [5.74, 6) is 0.0955. The molecule has 0 saturated heterocycles. The van der Waals surface area contributed by atoms with E-state index in [-0.39, 0.29) is 5.91 Å². The molecular weight excluding hydrogens is 306 g/mol. The Bertz CT molecular complexity index is 737. The Balaban J connectivity index is 1.37. The van der Waals surface area contributed by atoms with Crippen LogP contribution in [-0.2, 0) is 17.6 Å². The minimum absolute atomic E-state index is 0.0955. The summed E-state index contributed by atoms with van der Waals surface area (Å²) in [6.07, 6.45) is 6.61. The zero-order valence-corrected chi connectivity index (χ0v) is 13.7. The van der Waals surface area contributed by atoms with Crippen molar-refractivity contribution in [3.8, 4) is 0 Å². The van der Waals surface area contributed by atoms with E-state index in [1.807, 2.05) is 30.3 Å². The molecule has 0 radical (unpaired) electrons. The van der Waals surface area contributed by atoms with Gasteiger partial charge in [0.1, 0.15) is 0 Å². The van der Waals surface area contributed by atoms with E-state index in [1.54, 1.807) is 23.7 Å². The third-order valence-corrected chi connectivity index (χ3v) is 4.69. The highest BCUT2D eigenvalue weighted by Gasteiger charge is 2.04. The zero-order valence-electron chi connectivity index (χ0n) is 12.9. The molecule has 1 N–H and O–H groups in total. The largest absolute Gasteiger partial charge is 0.356 e. The molecule has 2 heterocycles. The van der Waals surface area contributed by atoms with E-state index in [0.717, 1.165) is 35.4 Å². The number of benzene rings is 1. The van der Waals surface area contributed by atoms with Gasteiger partial charge in [-0.1, -0.05) is 18.2 Å². The summed E-state index contributed by atoms with van der Waals surface area (Å²) in [7, 11) is 0. The number of thiazole rings is 1. The lowest BCUT2D eigenvalue weighted by Gasteiger charge is -2.04. The van der Waals surface area contributed by atoms with Crippen LogP contribution >= 0.6 is 11.3 Å². The van der Waals surface area contributed by atoms with Crippen molar-refractivity contribution in [1.82, 2.24) is 15.3 Å². The maximum atomic E-state index is 11.8. The molecule has 0 aliphatic heterocycles. The summed E-state index contributed by atoms with van der Waals surface area (Å²) in [6.45, 7) is 0.696. The molecule has 0 unspecified atom stereocenters. The van der Waals surface area contributed by atoms with E-state index in [4.69, 9.17) is 0 Å². The average Bonchev–Trinajstić information content (AvgIpc) is 3.00. The Morgan fingerprint density at radius 1 is 1.13 bits per heavy atom. The van der Waals surface area contributed by atoms with E-state index in [9.17, 15) is 4.79 Å². The molecule has 118 valence electrons. The predicted molar refractivity (Wildman–Crippen MR) is 93.5 cm³/mol. The molecule has 0 saturated carbocycles. The molecule has 0 atom stereocenters. The second-order valence-electron chi connectivity index (χ2n) is 5.39. The van der Waals surface area contributed by atoms with Crippen LogP contribution in [-0.4, -0.2) is 22.4 Å². The molecule has 3 aromatic rings. The number of amides is 1. The smallest absolute Gasteiger partial charge is 0.220 e. The van der Waals surface area contributed by atoms with Gasteiger partial charge < -0.3 is 5.32 Å². The topological polar surface area (TPSA) is 54.9 Å². The molecule has 0 bridgehead atoms. The van der Waals surface area contributed by atoms with E-state index in [2.05, 4.69) is 21.4 Å². The lowest BCUT2D eigenvalue weighted by atomic mass is 10.1. The lowest BCUT2D eigenvalue weighted by molar-refractivity contribution is -0.121. The zero-order chi connectivity index (χ0) is 15.9. The van der Waals surface area contributed by atoms with Crippen LogP contribution in [0.4, 0.5) is 0 Å². The SMILES string of the molecule is O=C(CCc1cccnc1)NCCCc1nc2ccccc2s1. The summed E-state index contributed by atoms with van der Waals surface area (Å²) in [5, 5.41) is 4.11. The minimum atomic E-state index is 0.0955. The summed E-state index contributed by atoms with van der Waals surface area (Å²) >= 11 is 1.73. The number of hydrogen-bond donors (Lipinski definition) is 1. The number of nitrogens with one attached hydrogen (secondary N) is 1. The number of fused-ring (bicyclic) bond motifs is 1. The molecule has 1 amide bonds. The van der Waals surface area contributed by atoms with Crippen LogP contribution in [0, 0.1) is 0 Å². The van der Waals surface area contributed by atoms with Crippen LogP contribution in [0.15, 0.2) is 48.8 Å². The first-order valence-corrected chi connectivity index (χ1v) is 8.63. The second kappa shape index (κ2) is 7.83. The summed E-state index contributed by atoms with van der Waals surface area (Å²) in [5.41, 5.74) is 2.16. The monoisotopic (exact) mass is 325 g/mol. The molecule has 2 aromatic heterocycles. The van der Waals surface area contributed by atoms with Gasteiger partial charge in [0.15, 0.2) is 0 Å². The predicted octanol–water partition coefficient (Wildman–Crippen LogP) is 3.37.